The number of rotatable bonds is 6. The van der Waals surface area contributed by atoms with Crippen molar-refractivity contribution in [3.8, 4) is 0 Å². The highest BCUT2D eigenvalue weighted by atomic mass is 19.4. The molecule has 0 radical (unpaired) electrons. The molecule has 118 valence electrons. The third kappa shape index (κ3) is 4.93. The maximum atomic E-state index is 12.7. The lowest BCUT2D eigenvalue weighted by molar-refractivity contribution is -0.137. The Balaban J connectivity index is 2.98. The number of nitrogens with two attached hydrogens (primary N) is 1. The topological polar surface area (TPSA) is 56.4 Å². The van der Waals surface area contributed by atoms with Gasteiger partial charge in [0.05, 0.1) is 5.56 Å². The summed E-state index contributed by atoms with van der Waals surface area (Å²) < 4.78 is 38.2. The van der Waals surface area contributed by atoms with Crippen LogP contribution in [-0.2, 0) is 6.18 Å². The molecule has 21 heavy (non-hydrogen) atoms. The predicted octanol–water partition coefficient (Wildman–Crippen LogP) is 2.38. The standard InChI is InChI=1S/C14H21F3N4/c1-20(2)7-4-8-21(3)12-6-5-10(14(15,16)17)9-11(12)13(18)19/h5-6,9H,4,7-8H2,1-3H3,(H3,18,19). The maximum absolute atomic E-state index is 12.7. The molecule has 0 saturated carbocycles. The van der Waals surface area contributed by atoms with Crippen LogP contribution in [0, 0.1) is 5.41 Å². The van der Waals surface area contributed by atoms with Gasteiger partial charge >= 0.3 is 6.18 Å². The lowest BCUT2D eigenvalue weighted by Crippen LogP contribution is -2.26. The van der Waals surface area contributed by atoms with E-state index < -0.39 is 11.7 Å². The van der Waals surface area contributed by atoms with E-state index in [-0.39, 0.29) is 11.4 Å². The van der Waals surface area contributed by atoms with Crippen LogP contribution in [0.15, 0.2) is 18.2 Å². The van der Waals surface area contributed by atoms with E-state index in [0.29, 0.717) is 12.2 Å². The van der Waals surface area contributed by atoms with Crippen molar-refractivity contribution in [1.82, 2.24) is 4.90 Å². The molecule has 0 amide bonds. The monoisotopic (exact) mass is 302 g/mol. The number of anilines is 1. The second kappa shape index (κ2) is 6.80. The van der Waals surface area contributed by atoms with Crippen molar-refractivity contribution in [3.05, 3.63) is 29.3 Å². The Morgan fingerprint density at radius 1 is 1.19 bits per heavy atom. The Kier molecular flexibility index (Phi) is 5.60. The molecule has 1 rings (SSSR count). The Hall–Kier alpha value is -1.76. The molecule has 0 saturated heterocycles. The predicted molar refractivity (Wildman–Crippen MR) is 78.9 cm³/mol. The lowest BCUT2D eigenvalue weighted by Gasteiger charge is -2.24. The second-order valence-corrected chi connectivity index (χ2v) is 5.22. The van der Waals surface area contributed by atoms with E-state index in [1.807, 2.05) is 23.9 Å². The van der Waals surface area contributed by atoms with Gasteiger partial charge in [0.2, 0.25) is 0 Å². The number of hydrogen-bond donors (Lipinski definition) is 2. The normalized spacial score (nSPS) is 11.8. The van der Waals surface area contributed by atoms with Gasteiger partial charge in [-0.15, -0.1) is 0 Å². The number of nitrogens with one attached hydrogen (secondary N) is 1. The molecule has 0 heterocycles. The zero-order chi connectivity index (χ0) is 16.2. The number of benzene rings is 1. The summed E-state index contributed by atoms with van der Waals surface area (Å²) in [6.45, 7) is 1.55. The third-order valence-corrected chi connectivity index (χ3v) is 3.12. The number of nitrogen functional groups attached to an aromatic ring is 1. The molecule has 0 spiro atoms. The number of alkyl halides is 3. The van der Waals surface area contributed by atoms with Gasteiger partial charge in [-0.2, -0.15) is 13.2 Å². The van der Waals surface area contributed by atoms with Gasteiger partial charge in [-0.25, -0.2) is 0 Å². The van der Waals surface area contributed by atoms with Gasteiger partial charge in [0.1, 0.15) is 5.84 Å². The minimum atomic E-state index is -4.44. The van der Waals surface area contributed by atoms with Crippen LogP contribution in [-0.4, -0.2) is 45.0 Å². The summed E-state index contributed by atoms with van der Waals surface area (Å²) in [6.07, 6.45) is -3.58. The van der Waals surface area contributed by atoms with E-state index in [2.05, 4.69) is 0 Å². The molecule has 0 bridgehead atoms. The minimum absolute atomic E-state index is 0.108. The van der Waals surface area contributed by atoms with Gasteiger partial charge in [-0.1, -0.05) is 0 Å². The zero-order valence-electron chi connectivity index (χ0n) is 12.5. The van der Waals surface area contributed by atoms with E-state index in [0.717, 1.165) is 25.1 Å². The Morgan fingerprint density at radius 3 is 2.29 bits per heavy atom. The van der Waals surface area contributed by atoms with Crippen LogP contribution in [0.2, 0.25) is 0 Å². The van der Waals surface area contributed by atoms with Crippen molar-refractivity contribution in [2.45, 2.75) is 12.6 Å². The summed E-state index contributed by atoms with van der Waals surface area (Å²) in [5, 5.41) is 7.49. The van der Waals surface area contributed by atoms with E-state index in [9.17, 15) is 13.2 Å². The van der Waals surface area contributed by atoms with Crippen molar-refractivity contribution in [1.29, 1.82) is 5.41 Å². The highest BCUT2D eigenvalue weighted by Gasteiger charge is 2.31. The summed E-state index contributed by atoms with van der Waals surface area (Å²) in [4.78, 5) is 3.85. The van der Waals surface area contributed by atoms with Crippen LogP contribution in [0.5, 0.6) is 0 Å². The summed E-state index contributed by atoms with van der Waals surface area (Å²) in [5.41, 5.74) is 5.27. The van der Waals surface area contributed by atoms with Crippen LogP contribution in [0.25, 0.3) is 0 Å². The van der Waals surface area contributed by atoms with Crippen LogP contribution < -0.4 is 10.6 Å². The molecular formula is C14H21F3N4. The molecule has 0 aromatic heterocycles. The largest absolute Gasteiger partial charge is 0.416 e. The molecule has 0 fully saturated rings. The van der Waals surface area contributed by atoms with Gasteiger partial charge in [0.15, 0.2) is 0 Å². The molecule has 1 aromatic rings. The first-order chi connectivity index (χ1) is 9.62. The van der Waals surface area contributed by atoms with Gasteiger partial charge in [0, 0.05) is 24.8 Å². The van der Waals surface area contributed by atoms with Gasteiger partial charge in [-0.3, -0.25) is 5.41 Å². The minimum Gasteiger partial charge on any atom is -0.384 e. The Morgan fingerprint density at radius 2 is 1.81 bits per heavy atom. The van der Waals surface area contributed by atoms with E-state index in [1.54, 1.807) is 7.05 Å². The van der Waals surface area contributed by atoms with Crippen LogP contribution >= 0.6 is 0 Å². The quantitative estimate of drug-likeness (QED) is 0.626. The maximum Gasteiger partial charge on any atom is 0.416 e. The van der Waals surface area contributed by atoms with Crippen molar-refractivity contribution in [2.75, 3.05) is 39.1 Å². The summed E-state index contributed by atoms with van der Waals surface area (Å²) in [7, 11) is 5.70. The summed E-state index contributed by atoms with van der Waals surface area (Å²) >= 11 is 0. The fourth-order valence-corrected chi connectivity index (χ4v) is 2.01. The molecule has 0 aliphatic heterocycles. The summed E-state index contributed by atoms with van der Waals surface area (Å²) in [6, 6.07) is 3.32. The lowest BCUT2D eigenvalue weighted by atomic mass is 10.1. The molecule has 7 heteroatoms. The van der Waals surface area contributed by atoms with Gasteiger partial charge in [0.25, 0.3) is 0 Å². The highest BCUT2D eigenvalue weighted by molar-refractivity contribution is 6.00. The summed E-state index contributed by atoms with van der Waals surface area (Å²) in [5.74, 6) is -0.365. The fourth-order valence-electron chi connectivity index (χ4n) is 2.01. The molecule has 4 nitrogen and oxygen atoms in total. The number of nitrogens with zero attached hydrogens (tertiary/aromatic N) is 2. The molecule has 0 unspecified atom stereocenters. The molecule has 0 aliphatic rings. The molecule has 1 aromatic carbocycles. The number of halogens is 3. The molecule has 3 N–H and O–H groups in total. The van der Waals surface area contributed by atoms with Crippen molar-refractivity contribution in [2.24, 2.45) is 5.73 Å². The first-order valence-corrected chi connectivity index (χ1v) is 6.54. The van der Waals surface area contributed by atoms with Crippen LogP contribution in [0.4, 0.5) is 18.9 Å². The van der Waals surface area contributed by atoms with E-state index >= 15 is 0 Å². The third-order valence-electron chi connectivity index (χ3n) is 3.12. The fraction of sp³-hybridized carbons (Fsp3) is 0.500. The van der Waals surface area contributed by atoms with Crippen molar-refractivity contribution < 1.29 is 13.2 Å². The highest BCUT2D eigenvalue weighted by Crippen LogP contribution is 2.32. The first kappa shape index (κ1) is 17.3. The molecular weight excluding hydrogens is 281 g/mol. The average Bonchev–Trinajstić information content (AvgIpc) is 2.36. The van der Waals surface area contributed by atoms with Crippen molar-refractivity contribution in [3.63, 3.8) is 0 Å². The van der Waals surface area contributed by atoms with Gasteiger partial charge < -0.3 is 15.5 Å². The number of hydrogen-bond acceptors (Lipinski definition) is 3. The van der Waals surface area contributed by atoms with E-state index in [4.69, 9.17) is 11.1 Å². The SMILES string of the molecule is CN(C)CCCN(C)c1ccc(C(F)(F)F)cc1C(=N)N. The molecule has 0 atom stereocenters. The van der Waals surface area contributed by atoms with Crippen molar-refractivity contribution >= 4 is 11.5 Å². The van der Waals surface area contributed by atoms with Crippen LogP contribution in [0.3, 0.4) is 0 Å². The first-order valence-electron chi connectivity index (χ1n) is 6.54. The Labute approximate surface area is 122 Å². The Bertz CT molecular complexity index is 497. The zero-order valence-corrected chi connectivity index (χ0v) is 12.5. The van der Waals surface area contributed by atoms with E-state index in [1.165, 1.54) is 6.07 Å². The van der Waals surface area contributed by atoms with Gasteiger partial charge in [-0.05, 0) is 45.3 Å². The number of amidine groups is 1. The average molecular weight is 302 g/mol. The van der Waals surface area contributed by atoms with Crippen LogP contribution in [0.1, 0.15) is 17.5 Å². The second-order valence-electron chi connectivity index (χ2n) is 5.22. The molecule has 0 aliphatic carbocycles. The smallest absolute Gasteiger partial charge is 0.384 e.